The fourth-order valence-corrected chi connectivity index (χ4v) is 5.40. The van der Waals surface area contributed by atoms with Crippen molar-refractivity contribution in [1.29, 1.82) is 0 Å². The lowest BCUT2D eigenvalue weighted by atomic mass is 10.1. The number of hydrogen-bond acceptors (Lipinski definition) is 4. The van der Waals surface area contributed by atoms with Crippen molar-refractivity contribution in [2.24, 2.45) is 0 Å². The third kappa shape index (κ3) is 6.53. The first kappa shape index (κ1) is 24.6. The molecule has 0 bridgehead atoms. The fourth-order valence-electron chi connectivity index (χ4n) is 3.41. The van der Waals surface area contributed by atoms with Crippen LogP contribution in [0.25, 0.3) is 0 Å². The van der Waals surface area contributed by atoms with Crippen LogP contribution in [0, 0.1) is 13.8 Å². The van der Waals surface area contributed by atoms with Crippen molar-refractivity contribution < 1.29 is 13.2 Å². The molecule has 0 saturated carbocycles. The normalized spacial score (nSPS) is 11.1. The van der Waals surface area contributed by atoms with Gasteiger partial charge in [0.05, 0.1) is 10.6 Å². The van der Waals surface area contributed by atoms with Crippen LogP contribution in [-0.4, -0.2) is 14.3 Å². The number of benzene rings is 4. The number of sulfonamides is 1. The molecule has 4 aromatic carbocycles. The Morgan fingerprint density at radius 2 is 1.51 bits per heavy atom. The van der Waals surface area contributed by atoms with Crippen molar-refractivity contribution in [1.82, 2.24) is 0 Å². The van der Waals surface area contributed by atoms with Gasteiger partial charge in [-0.3, -0.25) is 9.52 Å². The lowest BCUT2D eigenvalue weighted by molar-refractivity contribution is 0.102. The van der Waals surface area contributed by atoms with Gasteiger partial charge in [-0.05, 0) is 85.1 Å². The van der Waals surface area contributed by atoms with E-state index in [1.54, 1.807) is 42.1 Å². The van der Waals surface area contributed by atoms with Crippen LogP contribution in [0.1, 0.15) is 27.0 Å². The molecule has 0 saturated heterocycles. The van der Waals surface area contributed by atoms with Gasteiger partial charge in [0.1, 0.15) is 0 Å². The van der Waals surface area contributed by atoms with Crippen LogP contribution in [0.3, 0.4) is 0 Å². The molecule has 0 unspecified atom stereocenters. The minimum absolute atomic E-state index is 0.122. The largest absolute Gasteiger partial charge is 0.322 e. The van der Waals surface area contributed by atoms with E-state index in [9.17, 15) is 13.2 Å². The van der Waals surface area contributed by atoms with Crippen molar-refractivity contribution in [3.63, 3.8) is 0 Å². The Bertz CT molecular complexity index is 1420. The van der Waals surface area contributed by atoms with E-state index in [2.05, 4.69) is 22.2 Å². The van der Waals surface area contributed by atoms with E-state index in [1.165, 1.54) is 17.0 Å². The highest BCUT2D eigenvalue weighted by Crippen LogP contribution is 2.24. The monoisotopic (exact) mass is 502 g/mol. The second-order valence-corrected chi connectivity index (χ2v) is 10.9. The van der Waals surface area contributed by atoms with E-state index in [-0.39, 0.29) is 10.8 Å². The molecular weight excluding hydrogens is 476 g/mol. The first-order chi connectivity index (χ1) is 16.8. The van der Waals surface area contributed by atoms with E-state index in [0.717, 1.165) is 22.4 Å². The summed E-state index contributed by atoms with van der Waals surface area (Å²) in [5.74, 6) is 0.564. The molecule has 0 aliphatic heterocycles. The first-order valence-corrected chi connectivity index (χ1v) is 13.6. The maximum Gasteiger partial charge on any atom is 0.261 e. The maximum absolute atomic E-state index is 12.8. The number of thioether (sulfide) groups is 1. The van der Waals surface area contributed by atoms with E-state index in [0.29, 0.717) is 16.9 Å². The van der Waals surface area contributed by atoms with Gasteiger partial charge in [0.2, 0.25) is 0 Å². The summed E-state index contributed by atoms with van der Waals surface area (Å²) >= 11 is 1.74. The third-order valence-corrected chi connectivity index (χ3v) is 7.89. The summed E-state index contributed by atoms with van der Waals surface area (Å²) in [5, 5.41) is 2.82. The van der Waals surface area contributed by atoms with E-state index < -0.39 is 10.0 Å². The van der Waals surface area contributed by atoms with Crippen molar-refractivity contribution in [3.05, 3.63) is 119 Å². The number of hydrogen-bond donors (Lipinski definition) is 2. The molecule has 1 amide bonds. The van der Waals surface area contributed by atoms with Crippen LogP contribution in [0.5, 0.6) is 0 Å². The molecule has 0 aromatic heterocycles. The second-order valence-electron chi connectivity index (χ2n) is 8.20. The molecule has 0 aliphatic carbocycles. The van der Waals surface area contributed by atoms with Gasteiger partial charge in [0.25, 0.3) is 15.9 Å². The SMILES string of the molecule is Cc1ccc(C)c(NS(=O)(=O)c2ccc(NC(=O)c3ccc(CSc4ccccc4)cc3)cc2)c1. The first-order valence-electron chi connectivity index (χ1n) is 11.1. The fraction of sp³-hybridized carbons (Fsp3) is 0.107. The van der Waals surface area contributed by atoms with Crippen molar-refractivity contribution in [2.45, 2.75) is 29.4 Å². The van der Waals surface area contributed by atoms with E-state index in [4.69, 9.17) is 0 Å². The van der Waals surface area contributed by atoms with Gasteiger partial charge in [-0.2, -0.15) is 0 Å². The van der Waals surface area contributed by atoms with Crippen LogP contribution < -0.4 is 10.0 Å². The highest BCUT2D eigenvalue weighted by molar-refractivity contribution is 7.98. The molecule has 35 heavy (non-hydrogen) atoms. The zero-order valence-electron chi connectivity index (χ0n) is 19.5. The smallest absolute Gasteiger partial charge is 0.261 e. The Morgan fingerprint density at radius 1 is 0.829 bits per heavy atom. The molecule has 0 radical (unpaired) electrons. The van der Waals surface area contributed by atoms with Crippen molar-refractivity contribution >= 4 is 39.1 Å². The zero-order valence-corrected chi connectivity index (χ0v) is 21.1. The Morgan fingerprint density at radius 3 is 2.20 bits per heavy atom. The predicted octanol–water partition coefficient (Wildman–Crippen LogP) is 6.65. The van der Waals surface area contributed by atoms with E-state index in [1.807, 2.05) is 56.3 Å². The highest BCUT2D eigenvalue weighted by Gasteiger charge is 2.16. The van der Waals surface area contributed by atoms with Gasteiger partial charge in [0.15, 0.2) is 0 Å². The third-order valence-electron chi connectivity index (χ3n) is 5.42. The number of carbonyl (C=O) groups excluding carboxylic acids is 1. The molecular formula is C28H26N2O3S2. The summed E-state index contributed by atoms with van der Waals surface area (Å²) in [5.41, 5.74) is 4.53. The summed E-state index contributed by atoms with van der Waals surface area (Å²) < 4.78 is 28.2. The van der Waals surface area contributed by atoms with Gasteiger partial charge in [-0.15, -0.1) is 11.8 Å². The molecule has 4 rings (SSSR count). The molecule has 178 valence electrons. The maximum atomic E-state index is 12.8. The molecule has 0 fully saturated rings. The number of nitrogens with one attached hydrogen (secondary N) is 2. The van der Waals surface area contributed by atoms with Gasteiger partial charge in [0, 0.05) is 21.9 Å². The average molecular weight is 503 g/mol. The topological polar surface area (TPSA) is 75.3 Å². The molecule has 2 N–H and O–H groups in total. The second kappa shape index (κ2) is 10.8. The van der Waals surface area contributed by atoms with Gasteiger partial charge < -0.3 is 5.32 Å². The Kier molecular flexibility index (Phi) is 7.58. The van der Waals surface area contributed by atoms with Crippen LogP contribution in [0.4, 0.5) is 11.4 Å². The van der Waals surface area contributed by atoms with Crippen molar-refractivity contribution in [3.8, 4) is 0 Å². The summed E-state index contributed by atoms with van der Waals surface area (Å²) in [4.78, 5) is 14.0. The van der Waals surface area contributed by atoms with Crippen molar-refractivity contribution in [2.75, 3.05) is 10.0 Å². The Balaban J connectivity index is 1.37. The zero-order chi connectivity index (χ0) is 24.8. The molecule has 0 spiro atoms. The van der Waals surface area contributed by atoms with E-state index >= 15 is 0 Å². The van der Waals surface area contributed by atoms with Crippen LogP contribution >= 0.6 is 11.8 Å². The average Bonchev–Trinajstić information content (AvgIpc) is 2.86. The lowest BCUT2D eigenvalue weighted by Crippen LogP contribution is -2.15. The van der Waals surface area contributed by atoms with Gasteiger partial charge in [-0.25, -0.2) is 8.42 Å². The quantitative estimate of drug-likeness (QED) is 0.265. The summed E-state index contributed by atoms with van der Waals surface area (Å²) in [7, 11) is -3.75. The standard InChI is InChI=1S/C28H26N2O3S2/c1-20-8-9-21(2)27(18-20)30-35(32,33)26-16-14-24(15-17-26)29-28(31)23-12-10-22(11-13-23)19-34-25-6-4-3-5-7-25/h3-18,30H,19H2,1-2H3,(H,29,31). The Labute approximate surface area is 210 Å². The van der Waals surface area contributed by atoms with Crippen LogP contribution in [0.15, 0.2) is 107 Å². The van der Waals surface area contributed by atoms with Gasteiger partial charge >= 0.3 is 0 Å². The summed E-state index contributed by atoms with van der Waals surface area (Å²) in [6, 6.07) is 29.4. The summed E-state index contributed by atoms with van der Waals surface area (Å²) in [6.07, 6.45) is 0. The molecule has 0 atom stereocenters. The molecule has 7 heteroatoms. The lowest BCUT2D eigenvalue weighted by Gasteiger charge is -2.12. The molecule has 5 nitrogen and oxygen atoms in total. The number of rotatable bonds is 8. The summed E-state index contributed by atoms with van der Waals surface area (Å²) in [6.45, 7) is 3.76. The molecule has 0 aliphatic rings. The molecule has 4 aromatic rings. The molecule has 0 heterocycles. The number of amides is 1. The van der Waals surface area contributed by atoms with Crippen LogP contribution in [0.2, 0.25) is 0 Å². The minimum Gasteiger partial charge on any atom is -0.322 e. The van der Waals surface area contributed by atoms with Gasteiger partial charge in [-0.1, -0.05) is 42.5 Å². The number of aryl methyl sites for hydroxylation is 2. The number of anilines is 2. The predicted molar refractivity (Wildman–Crippen MR) is 144 cm³/mol. The van der Waals surface area contributed by atoms with Crippen LogP contribution in [-0.2, 0) is 15.8 Å². The number of carbonyl (C=O) groups is 1. The minimum atomic E-state index is -3.75. The Hall–Kier alpha value is -3.55. The highest BCUT2D eigenvalue weighted by atomic mass is 32.2.